The molecule has 0 radical (unpaired) electrons. The van der Waals surface area contributed by atoms with E-state index in [1.807, 2.05) is 13.8 Å². The number of carbonyl (C=O) groups excluding carboxylic acids is 1. The third kappa shape index (κ3) is 4.47. The summed E-state index contributed by atoms with van der Waals surface area (Å²) in [7, 11) is 1.74. The predicted octanol–water partition coefficient (Wildman–Crippen LogP) is 1.46. The number of H-pyrrole nitrogens is 1. The van der Waals surface area contributed by atoms with Crippen molar-refractivity contribution in [2.24, 2.45) is 0 Å². The first-order valence-electron chi connectivity index (χ1n) is 5.73. The molecule has 0 spiro atoms. The van der Waals surface area contributed by atoms with Crippen LogP contribution in [0.1, 0.15) is 27.0 Å². The molecule has 2 aromatic heterocycles. The summed E-state index contributed by atoms with van der Waals surface area (Å²) < 4.78 is 0. The molecule has 7 nitrogen and oxygen atoms in total. The first-order chi connectivity index (χ1) is 9.47. The van der Waals surface area contributed by atoms with E-state index in [-0.39, 0.29) is 12.4 Å². The van der Waals surface area contributed by atoms with Crippen LogP contribution in [0.4, 0.5) is 0 Å². The van der Waals surface area contributed by atoms with Crippen molar-refractivity contribution in [2.75, 3.05) is 7.05 Å². The fourth-order valence-corrected chi connectivity index (χ4v) is 2.09. The van der Waals surface area contributed by atoms with Gasteiger partial charge < -0.3 is 15.0 Å². The standard InChI is InChI=1S/C11H14N4OS.CH2O2/c1-7-4-12-10(13-7)5-15(3)11(16)9-6-17-8(2)14-9;2-1-3/h4,6H,5H2,1-3H3,(H,12,13);1H,(H,2,3). The van der Waals surface area contributed by atoms with E-state index in [1.165, 1.54) is 11.3 Å². The molecule has 1 amide bonds. The van der Waals surface area contributed by atoms with Crippen molar-refractivity contribution in [2.45, 2.75) is 20.4 Å². The molecular weight excluding hydrogens is 280 g/mol. The SMILES string of the molecule is Cc1cnc(CN(C)C(=O)c2csc(C)n2)[nH]1.O=CO. The summed E-state index contributed by atoms with van der Waals surface area (Å²) in [6, 6.07) is 0. The third-order valence-corrected chi connectivity index (χ3v) is 3.10. The molecule has 0 unspecified atom stereocenters. The maximum Gasteiger partial charge on any atom is 0.290 e. The van der Waals surface area contributed by atoms with Gasteiger partial charge in [-0.25, -0.2) is 9.97 Å². The molecule has 0 fully saturated rings. The van der Waals surface area contributed by atoms with Crippen molar-refractivity contribution in [3.63, 3.8) is 0 Å². The maximum atomic E-state index is 12.0. The minimum atomic E-state index is -0.250. The molecule has 0 aliphatic rings. The number of hydrogen-bond acceptors (Lipinski definition) is 5. The van der Waals surface area contributed by atoms with E-state index in [4.69, 9.17) is 9.90 Å². The molecule has 2 heterocycles. The topological polar surface area (TPSA) is 99.2 Å². The van der Waals surface area contributed by atoms with E-state index in [2.05, 4.69) is 15.0 Å². The number of carbonyl (C=O) groups is 2. The van der Waals surface area contributed by atoms with Crippen molar-refractivity contribution in [1.82, 2.24) is 19.9 Å². The minimum Gasteiger partial charge on any atom is -0.483 e. The fourth-order valence-electron chi connectivity index (χ4n) is 1.50. The number of amides is 1. The molecule has 8 heteroatoms. The lowest BCUT2D eigenvalue weighted by Crippen LogP contribution is -2.27. The molecular formula is C12H16N4O3S. The lowest BCUT2D eigenvalue weighted by atomic mass is 10.4. The van der Waals surface area contributed by atoms with Crippen LogP contribution in [0.3, 0.4) is 0 Å². The number of imidazole rings is 1. The van der Waals surface area contributed by atoms with Crippen LogP contribution >= 0.6 is 11.3 Å². The van der Waals surface area contributed by atoms with Gasteiger partial charge in [-0.3, -0.25) is 9.59 Å². The van der Waals surface area contributed by atoms with Crippen LogP contribution in [-0.2, 0) is 11.3 Å². The Balaban J connectivity index is 0.000000612. The Bertz CT molecular complexity index is 579. The van der Waals surface area contributed by atoms with Gasteiger partial charge in [0.05, 0.1) is 11.6 Å². The number of nitrogens with zero attached hydrogens (tertiary/aromatic N) is 3. The average molecular weight is 296 g/mol. The lowest BCUT2D eigenvalue weighted by molar-refractivity contribution is -0.122. The summed E-state index contributed by atoms with van der Waals surface area (Å²) in [6.45, 7) is 4.03. The number of aromatic amines is 1. The zero-order chi connectivity index (χ0) is 15.1. The van der Waals surface area contributed by atoms with Gasteiger partial charge in [0, 0.05) is 24.3 Å². The number of aromatic nitrogens is 3. The van der Waals surface area contributed by atoms with Crippen molar-refractivity contribution in [3.05, 3.63) is 33.8 Å². The largest absolute Gasteiger partial charge is 0.483 e. The van der Waals surface area contributed by atoms with Gasteiger partial charge >= 0.3 is 0 Å². The van der Waals surface area contributed by atoms with Crippen LogP contribution in [0.2, 0.25) is 0 Å². The Morgan fingerprint density at radius 2 is 2.20 bits per heavy atom. The van der Waals surface area contributed by atoms with Gasteiger partial charge in [-0.05, 0) is 13.8 Å². The summed E-state index contributed by atoms with van der Waals surface area (Å²) in [5.74, 6) is 0.703. The van der Waals surface area contributed by atoms with E-state index < -0.39 is 0 Å². The Kier molecular flexibility index (Phi) is 5.85. The highest BCUT2D eigenvalue weighted by molar-refractivity contribution is 7.09. The van der Waals surface area contributed by atoms with Crippen LogP contribution in [-0.4, -0.2) is 44.4 Å². The molecule has 0 saturated heterocycles. The van der Waals surface area contributed by atoms with E-state index >= 15 is 0 Å². The van der Waals surface area contributed by atoms with Crippen LogP contribution in [0, 0.1) is 13.8 Å². The number of rotatable bonds is 3. The number of hydrogen-bond donors (Lipinski definition) is 2. The molecule has 2 aromatic rings. The van der Waals surface area contributed by atoms with Crippen molar-refractivity contribution in [1.29, 1.82) is 0 Å². The summed E-state index contributed by atoms with van der Waals surface area (Å²) in [4.78, 5) is 33.4. The molecule has 0 atom stereocenters. The molecule has 0 aromatic carbocycles. The van der Waals surface area contributed by atoms with Crippen LogP contribution < -0.4 is 0 Å². The molecule has 2 N–H and O–H groups in total. The summed E-state index contributed by atoms with van der Waals surface area (Å²) >= 11 is 1.48. The Labute approximate surface area is 120 Å². The van der Waals surface area contributed by atoms with Crippen LogP contribution in [0.25, 0.3) is 0 Å². The van der Waals surface area contributed by atoms with E-state index in [9.17, 15) is 4.79 Å². The number of nitrogens with one attached hydrogen (secondary N) is 1. The third-order valence-electron chi connectivity index (χ3n) is 2.33. The monoisotopic (exact) mass is 296 g/mol. The van der Waals surface area contributed by atoms with Gasteiger partial charge in [0.25, 0.3) is 12.4 Å². The maximum absolute atomic E-state index is 12.0. The Morgan fingerprint density at radius 1 is 1.55 bits per heavy atom. The van der Waals surface area contributed by atoms with E-state index in [0.29, 0.717) is 12.2 Å². The molecule has 2 rings (SSSR count). The summed E-state index contributed by atoms with van der Waals surface area (Å²) in [5, 5.41) is 9.57. The highest BCUT2D eigenvalue weighted by Crippen LogP contribution is 2.11. The molecule has 108 valence electrons. The normalized spacial score (nSPS) is 9.55. The smallest absolute Gasteiger partial charge is 0.290 e. The van der Waals surface area contributed by atoms with Crippen molar-refractivity contribution in [3.8, 4) is 0 Å². The second-order valence-electron chi connectivity index (χ2n) is 4.03. The zero-order valence-electron chi connectivity index (χ0n) is 11.5. The van der Waals surface area contributed by atoms with E-state index in [0.717, 1.165) is 16.5 Å². The summed E-state index contributed by atoms with van der Waals surface area (Å²) in [5.41, 5.74) is 1.49. The van der Waals surface area contributed by atoms with Gasteiger partial charge in [-0.2, -0.15) is 0 Å². The van der Waals surface area contributed by atoms with E-state index in [1.54, 1.807) is 23.5 Å². The van der Waals surface area contributed by atoms with Gasteiger partial charge in [0.15, 0.2) is 0 Å². The molecule has 0 bridgehead atoms. The van der Waals surface area contributed by atoms with Gasteiger partial charge in [-0.15, -0.1) is 11.3 Å². The zero-order valence-corrected chi connectivity index (χ0v) is 12.3. The average Bonchev–Trinajstić information content (AvgIpc) is 2.98. The van der Waals surface area contributed by atoms with Gasteiger partial charge in [0.1, 0.15) is 11.5 Å². The molecule has 0 aliphatic carbocycles. The highest BCUT2D eigenvalue weighted by atomic mass is 32.1. The fraction of sp³-hybridized carbons (Fsp3) is 0.333. The van der Waals surface area contributed by atoms with Crippen molar-refractivity contribution < 1.29 is 14.7 Å². The molecule has 0 aliphatic heterocycles. The minimum absolute atomic E-state index is 0.0802. The quantitative estimate of drug-likeness (QED) is 0.835. The van der Waals surface area contributed by atoms with Gasteiger partial charge in [-0.1, -0.05) is 0 Å². The second kappa shape index (κ2) is 7.39. The predicted molar refractivity (Wildman–Crippen MR) is 74.7 cm³/mol. The number of thiazole rings is 1. The Morgan fingerprint density at radius 3 is 2.65 bits per heavy atom. The summed E-state index contributed by atoms with van der Waals surface area (Å²) in [6.07, 6.45) is 1.75. The lowest BCUT2D eigenvalue weighted by Gasteiger charge is -2.13. The number of aryl methyl sites for hydroxylation is 2. The Hall–Kier alpha value is -2.22. The second-order valence-corrected chi connectivity index (χ2v) is 5.09. The molecule has 0 saturated carbocycles. The van der Waals surface area contributed by atoms with Crippen LogP contribution in [0.15, 0.2) is 11.6 Å². The first kappa shape index (κ1) is 15.8. The van der Waals surface area contributed by atoms with Crippen LogP contribution in [0.5, 0.6) is 0 Å². The first-order valence-corrected chi connectivity index (χ1v) is 6.61. The molecule has 20 heavy (non-hydrogen) atoms. The number of carboxylic acid groups (broad SMARTS) is 1. The van der Waals surface area contributed by atoms with Gasteiger partial charge in [0.2, 0.25) is 0 Å². The van der Waals surface area contributed by atoms with Crippen molar-refractivity contribution >= 4 is 23.7 Å². The highest BCUT2D eigenvalue weighted by Gasteiger charge is 2.15.